The van der Waals surface area contributed by atoms with Crippen LogP contribution in [0.2, 0.25) is 0 Å². The smallest absolute Gasteiger partial charge is 0.265 e. The number of hydrogen-bond donors (Lipinski definition) is 0. The zero-order chi connectivity index (χ0) is 15.7. The van der Waals surface area contributed by atoms with E-state index in [1.54, 1.807) is 23.4 Å². The molecule has 0 bridgehead atoms. The summed E-state index contributed by atoms with van der Waals surface area (Å²) >= 11 is 1.23. The molecule has 1 saturated carbocycles. The molecule has 5 nitrogen and oxygen atoms in total. The van der Waals surface area contributed by atoms with Gasteiger partial charge in [0.05, 0.1) is 0 Å². The quantitative estimate of drug-likeness (QED) is 0.845. The van der Waals surface area contributed by atoms with Gasteiger partial charge in [0.25, 0.3) is 5.91 Å². The van der Waals surface area contributed by atoms with Gasteiger partial charge in [-0.15, -0.1) is 11.3 Å². The molecule has 0 spiro atoms. The molecule has 0 unspecified atom stereocenters. The van der Waals surface area contributed by atoms with Crippen molar-refractivity contribution in [1.82, 2.24) is 9.21 Å². The minimum atomic E-state index is -3.53. The van der Waals surface area contributed by atoms with Gasteiger partial charge in [-0.2, -0.15) is 4.31 Å². The van der Waals surface area contributed by atoms with Crippen molar-refractivity contribution in [3.63, 3.8) is 0 Å². The second-order valence-electron chi connectivity index (χ2n) is 6.08. The summed E-state index contributed by atoms with van der Waals surface area (Å²) in [6, 6.07) is 1.82. The number of hydrogen-bond acceptors (Lipinski definition) is 4. The Labute approximate surface area is 136 Å². The summed E-state index contributed by atoms with van der Waals surface area (Å²) in [5.41, 5.74) is 0. The highest BCUT2D eigenvalue weighted by Crippen LogP contribution is 2.30. The third-order valence-corrected chi connectivity index (χ3v) is 7.67. The van der Waals surface area contributed by atoms with Gasteiger partial charge in [-0.1, -0.05) is 12.8 Å². The van der Waals surface area contributed by atoms with Gasteiger partial charge >= 0.3 is 0 Å². The lowest BCUT2D eigenvalue weighted by Gasteiger charge is -2.24. The summed E-state index contributed by atoms with van der Waals surface area (Å²) in [5.74, 6) is -0.153. The second kappa shape index (κ2) is 6.29. The van der Waals surface area contributed by atoms with E-state index in [1.165, 1.54) is 15.6 Å². The first-order chi connectivity index (χ1) is 10.5. The maximum atomic E-state index is 12.7. The van der Waals surface area contributed by atoms with Gasteiger partial charge < -0.3 is 4.90 Å². The Morgan fingerprint density at radius 2 is 1.86 bits per heavy atom. The van der Waals surface area contributed by atoms with Crippen LogP contribution in [0.1, 0.15) is 48.2 Å². The van der Waals surface area contributed by atoms with E-state index in [2.05, 4.69) is 0 Å². The average Bonchev–Trinajstić information content (AvgIpc) is 3.27. The number of amides is 1. The molecule has 22 heavy (non-hydrogen) atoms. The van der Waals surface area contributed by atoms with Crippen molar-refractivity contribution >= 4 is 27.3 Å². The minimum Gasteiger partial charge on any atom is -0.338 e. The predicted molar refractivity (Wildman–Crippen MR) is 86.7 cm³/mol. The molecule has 7 heteroatoms. The topological polar surface area (TPSA) is 57.7 Å². The van der Waals surface area contributed by atoms with Gasteiger partial charge in [-0.3, -0.25) is 4.79 Å². The van der Waals surface area contributed by atoms with Gasteiger partial charge in [0.15, 0.2) is 0 Å². The number of sulfonamides is 1. The standard InChI is InChI=1S/C15H22N2O3S2/c1-16(12-6-2-3-7-12)15(18)14-13(8-11-21-14)22(19,20)17-9-4-5-10-17/h8,11-12H,2-7,9-10H2,1H3. The molecule has 2 heterocycles. The zero-order valence-corrected chi connectivity index (χ0v) is 14.5. The van der Waals surface area contributed by atoms with E-state index in [-0.39, 0.29) is 16.8 Å². The molecule has 0 N–H and O–H groups in total. The highest BCUT2D eigenvalue weighted by atomic mass is 32.2. The van der Waals surface area contributed by atoms with Crippen molar-refractivity contribution in [1.29, 1.82) is 0 Å². The van der Waals surface area contributed by atoms with Crippen molar-refractivity contribution in [2.45, 2.75) is 49.5 Å². The van der Waals surface area contributed by atoms with Gasteiger partial charge in [0, 0.05) is 26.2 Å². The third kappa shape index (κ3) is 2.81. The summed E-state index contributed by atoms with van der Waals surface area (Å²) in [6.07, 6.45) is 6.12. The number of carbonyl (C=O) groups excluding carboxylic acids is 1. The molecule has 0 radical (unpaired) electrons. The van der Waals surface area contributed by atoms with E-state index in [0.29, 0.717) is 18.0 Å². The van der Waals surface area contributed by atoms with E-state index in [1.807, 2.05) is 0 Å². The van der Waals surface area contributed by atoms with Crippen LogP contribution in [0.15, 0.2) is 16.3 Å². The first kappa shape index (κ1) is 16.0. The Morgan fingerprint density at radius 1 is 1.23 bits per heavy atom. The van der Waals surface area contributed by atoms with Gasteiger partial charge in [-0.25, -0.2) is 8.42 Å². The fourth-order valence-corrected chi connectivity index (χ4v) is 6.24. The molecular formula is C15H22N2O3S2. The van der Waals surface area contributed by atoms with E-state index in [0.717, 1.165) is 38.5 Å². The predicted octanol–water partition coefficient (Wildman–Crippen LogP) is 2.55. The Morgan fingerprint density at radius 3 is 2.50 bits per heavy atom. The molecule has 0 aromatic carbocycles. The van der Waals surface area contributed by atoms with Crippen LogP contribution in [0.3, 0.4) is 0 Å². The molecule has 1 aromatic rings. The maximum absolute atomic E-state index is 12.7. The highest BCUT2D eigenvalue weighted by Gasteiger charge is 2.34. The van der Waals surface area contributed by atoms with Crippen molar-refractivity contribution < 1.29 is 13.2 Å². The highest BCUT2D eigenvalue weighted by molar-refractivity contribution is 7.89. The first-order valence-corrected chi connectivity index (χ1v) is 10.2. The lowest BCUT2D eigenvalue weighted by Crippen LogP contribution is -2.36. The van der Waals surface area contributed by atoms with E-state index in [9.17, 15) is 13.2 Å². The summed E-state index contributed by atoms with van der Waals surface area (Å²) in [6.45, 7) is 1.12. The molecule has 122 valence electrons. The largest absolute Gasteiger partial charge is 0.338 e. The van der Waals surface area contributed by atoms with Crippen LogP contribution in [-0.2, 0) is 10.0 Å². The van der Waals surface area contributed by atoms with Crippen molar-refractivity contribution in [2.24, 2.45) is 0 Å². The average molecular weight is 342 g/mol. The van der Waals surface area contributed by atoms with Gasteiger partial charge in [0.2, 0.25) is 10.0 Å². The number of thiophene rings is 1. The fraction of sp³-hybridized carbons (Fsp3) is 0.667. The fourth-order valence-electron chi connectivity index (χ4n) is 3.34. The molecule has 0 atom stereocenters. The molecule has 1 aromatic heterocycles. The van der Waals surface area contributed by atoms with Crippen LogP contribution in [0.4, 0.5) is 0 Å². The Kier molecular flexibility index (Phi) is 4.56. The van der Waals surface area contributed by atoms with E-state index < -0.39 is 10.0 Å². The van der Waals surface area contributed by atoms with Gasteiger partial charge in [-0.05, 0) is 37.1 Å². The molecule has 1 aliphatic heterocycles. The Balaban J connectivity index is 1.86. The SMILES string of the molecule is CN(C(=O)c1sccc1S(=O)(=O)N1CCCC1)C1CCCC1. The lowest BCUT2D eigenvalue weighted by atomic mass is 10.2. The molecule has 1 amide bonds. The molecule has 2 fully saturated rings. The van der Waals surface area contributed by atoms with Crippen LogP contribution < -0.4 is 0 Å². The number of nitrogens with zero attached hydrogens (tertiary/aromatic N) is 2. The van der Waals surface area contributed by atoms with Crippen molar-refractivity contribution in [3.05, 3.63) is 16.3 Å². The van der Waals surface area contributed by atoms with Crippen molar-refractivity contribution in [2.75, 3.05) is 20.1 Å². The zero-order valence-electron chi connectivity index (χ0n) is 12.8. The molecule has 3 rings (SSSR count). The molecule has 1 aliphatic carbocycles. The summed E-state index contributed by atoms with van der Waals surface area (Å²) in [7, 11) is -1.74. The molecular weight excluding hydrogens is 320 g/mol. The Bertz CT molecular complexity index is 641. The van der Waals surface area contributed by atoms with Crippen LogP contribution >= 0.6 is 11.3 Å². The van der Waals surface area contributed by atoms with Crippen LogP contribution in [0.5, 0.6) is 0 Å². The van der Waals surface area contributed by atoms with Crippen molar-refractivity contribution in [3.8, 4) is 0 Å². The first-order valence-electron chi connectivity index (χ1n) is 7.86. The monoisotopic (exact) mass is 342 g/mol. The van der Waals surface area contributed by atoms with Crippen LogP contribution in [0, 0.1) is 0 Å². The second-order valence-corrected chi connectivity index (χ2v) is 8.90. The Hall–Kier alpha value is -0.920. The molecule has 1 saturated heterocycles. The van der Waals surface area contributed by atoms with Crippen LogP contribution in [-0.4, -0.2) is 49.7 Å². The lowest BCUT2D eigenvalue weighted by molar-refractivity contribution is 0.0736. The minimum absolute atomic E-state index is 0.153. The summed E-state index contributed by atoms with van der Waals surface area (Å²) in [4.78, 5) is 15.0. The van der Waals surface area contributed by atoms with E-state index in [4.69, 9.17) is 0 Å². The maximum Gasteiger partial charge on any atom is 0.265 e. The number of carbonyl (C=O) groups is 1. The normalized spacial score (nSPS) is 20.6. The molecule has 2 aliphatic rings. The third-order valence-electron chi connectivity index (χ3n) is 4.70. The summed E-state index contributed by atoms with van der Waals surface area (Å²) in [5, 5.41) is 1.71. The van der Waals surface area contributed by atoms with Crippen LogP contribution in [0.25, 0.3) is 0 Å². The van der Waals surface area contributed by atoms with E-state index >= 15 is 0 Å². The summed E-state index contributed by atoms with van der Waals surface area (Å²) < 4.78 is 27.0. The number of rotatable bonds is 4. The van der Waals surface area contributed by atoms with Gasteiger partial charge in [0.1, 0.15) is 9.77 Å².